The Kier molecular flexibility index (Phi) is 6.62. The van der Waals surface area contributed by atoms with Crippen molar-refractivity contribution >= 4 is 11.6 Å². The van der Waals surface area contributed by atoms with E-state index in [2.05, 4.69) is 31.1 Å². The molecule has 3 rings (SSSR count). The van der Waals surface area contributed by atoms with Gasteiger partial charge in [-0.05, 0) is 42.0 Å². The van der Waals surface area contributed by atoms with E-state index in [0.717, 1.165) is 11.3 Å². The van der Waals surface area contributed by atoms with Crippen LogP contribution < -0.4 is 10.2 Å². The number of pyridine rings is 1. The summed E-state index contributed by atoms with van der Waals surface area (Å²) in [7, 11) is 1.72. The summed E-state index contributed by atoms with van der Waals surface area (Å²) in [5.41, 5.74) is 2.00. The minimum Gasteiger partial charge on any atom is -0.359 e. The van der Waals surface area contributed by atoms with Crippen molar-refractivity contribution in [3.63, 3.8) is 0 Å². The highest BCUT2D eigenvalue weighted by molar-refractivity contribution is 5.86. The predicted molar refractivity (Wildman–Crippen MR) is 116 cm³/mol. The fourth-order valence-electron chi connectivity index (χ4n) is 3.94. The fraction of sp³-hybridized carbons (Fsp3) is 0.500. The number of benzene rings is 1. The molecule has 1 fully saturated rings. The van der Waals surface area contributed by atoms with Gasteiger partial charge in [-0.3, -0.25) is 4.79 Å². The molecule has 7 heteroatoms. The third-order valence-electron chi connectivity index (χ3n) is 5.92. The molecule has 1 aromatic heterocycles. The Morgan fingerprint density at radius 3 is 2.32 bits per heavy atom. The van der Waals surface area contributed by atoms with Gasteiger partial charge in [0, 0.05) is 43.4 Å². The highest BCUT2D eigenvalue weighted by atomic mass is 19.3. The Bertz CT molecular complexity index is 899. The van der Waals surface area contributed by atoms with Crippen molar-refractivity contribution < 1.29 is 18.0 Å². The van der Waals surface area contributed by atoms with Gasteiger partial charge in [-0.2, -0.15) is 4.39 Å². The minimum absolute atomic E-state index is 0.0214. The largest absolute Gasteiger partial charge is 0.359 e. The van der Waals surface area contributed by atoms with Crippen molar-refractivity contribution in [3.8, 4) is 0 Å². The smallest absolute Gasteiger partial charge is 0.248 e. The Morgan fingerprint density at radius 2 is 1.77 bits per heavy atom. The monoisotopic (exact) mass is 433 g/mol. The lowest BCUT2D eigenvalue weighted by Crippen LogP contribution is -2.46. The molecule has 0 saturated heterocycles. The molecule has 0 aliphatic heterocycles. The number of likely N-dealkylation sites (N-methyl/N-ethyl adjacent to an activating group) is 1. The zero-order valence-electron chi connectivity index (χ0n) is 18.5. The molecule has 31 heavy (non-hydrogen) atoms. The molecular weight excluding hydrogens is 403 g/mol. The number of rotatable bonds is 5. The molecule has 1 aliphatic carbocycles. The fourth-order valence-corrected chi connectivity index (χ4v) is 3.94. The first-order valence-corrected chi connectivity index (χ1v) is 10.6. The van der Waals surface area contributed by atoms with Gasteiger partial charge in [0.1, 0.15) is 6.04 Å². The van der Waals surface area contributed by atoms with Crippen LogP contribution >= 0.6 is 0 Å². The van der Waals surface area contributed by atoms with Gasteiger partial charge < -0.3 is 10.2 Å². The van der Waals surface area contributed by atoms with E-state index >= 15 is 0 Å². The van der Waals surface area contributed by atoms with Gasteiger partial charge in [-0.1, -0.05) is 39.0 Å². The molecule has 1 aliphatic rings. The van der Waals surface area contributed by atoms with Gasteiger partial charge in [0.05, 0.1) is 0 Å². The van der Waals surface area contributed by atoms with Crippen molar-refractivity contribution in [1.82, 2.24) is 10.3 Å². The number of alkyl halides is 2. The maximum atomic E-state index is 14.6. The summed E-state index contributed by atoms with van der Waals surface area (Å²) in [6, 6.07) is 9.56. The van der Waals surface area contributed by atoms with Crippen LogP contribution in [-0.2, 0) is 10.2 Å². The van der Waals surface area contributed by atoms with Crippen LogP contribution in [0, 0.1) is 5.95 Å². The second-order valence-corrected chi connectivity index (χ2v) is 9.33. The number of halogens is 3. The van der Waals surface area contributed by atoms with Crippen LogP contribution in [0.25, 0.3) is 0 Å². The second-order valence-electron chi connectivity index (χ2n) is 9.33. The maximum absolute atomic E-state index is 14.6. The van der Waals surface area contributed by atoms with Gasteiger partial charge in [0.15, 0.2) is 0 Å². The van der Waals surface area contributed by atoms with E-state index in [1.54, 1.807) is 18.0 Å². The Morgan fingerprint density at radius 1 is 1.16 bits per heavy atom. The average molecular weight is 434 g/mol. The Hall–Kier alpha value is -2.57. The third-order valence-corrected chi connectivity index (χ3v) is 5.92. The van der Waals surface area contributed by atoms with E-state index in [0.29, 0.717) is 0 Å². The third kappa shape index (κ3) is 5.57. The van der Waals surface area contributed by atoms with Gasteiger partial charge in [0.2, 0.25) is 17.8 Å². The molecule has 1 amide bonds. The van der Waals surface area contributed by atoms with Crippen LogP contribution in [0.2, 0.25) is 0 Å². The van der Waals surface area contributed by atoms with E-state index in [-0.39, 0.29) is 42.7 Å². The molecule has 1 aromatic carbocycles. The predicted octanol–water partition coefficient (Wildman–Crippen LogP) is 5.39. The number of carbonyl (C=O) groups excluding carboxylic acids is 1. The number of carbonyl (C=O) groups is 1. The van der Waals surface area contributed by atoms with Crippen LogP contribution in [0.5, 0.6) is 0 Å². The van der Waals surface area contributed by atoms with E-state index < -0.39 is 23.8 Å². The highest BCUT2D eigenvalue weighted by Gasteiger charge is 2.37. The first-order valence-electron chi connectivity index (χ1n) is 10.6. The SMILES string of the molecule is CN(c1ccc(C(C)(C)C)cc1)C(C(=O)NC1CCC(F)(F)CC1)c1cccnc1F. The normalized spacial score (nSPS) is 17.8. The zero-order chi connectivity index (χ0) is 22.8. The molecule has 4 nitrogen and oxygen atoms in total. The maximum Gasteiger partial charge on any atom is 0.248 e. The van der Waals surface area contributed by atoms with Crippen molar-refractivity contribution in [2.75, 3.05) is 11.9 Å². The van der Waals surface area contributed by atoms with Gasteiger partial charge >= 0.3 is 0 Å². The molecule has 2 aromatic rings. The Balaban J connectivity index is 1.86. The molecule has 1 unspecified atom stereocenters. The molecule has 1 N–H and O–H groups in total. The molecule has 0 radical (unpaired) electrons. The van der Waals surface area contributed by atoms with Crippen molar-refractivity contribution in [3.05, 3.63) is 59.7 Å². The number of hydrogen-bond acceptors (Lipinski definition) is 3. The number of hydrogen-bond donors (Lipinski definition) is 1. The Labute approximate surface area is 181 Å². The zero-order valence-corrected chi connectivity index (χ0v) is 18.5. The standard InChI is InChI=1S/C24H30F3N3O/c1-23(2,3)16-7-9-18(10-8-16)30(4)20(19-6-5-15-28-21(19)25)22(31)29-17-11-13-24(26,27)14-12-17/h5-10,15,17,20H,11-14H2,1-4H3,(H,29,31). The number of aromatic nitrogens is 1. The van der Waals surface area contributed by atoms with E-state index in [4.69, 9.17) is 0 Å². The van der Waals surface area contributed by atoms with Crippen LogP contribution in [0.4, 0.5) is 18.9 Å². The molecule has 0 bridgehead atoms. The molecule has 0 spiro atoms. The number of anilines is 1. The van der Waals surface area contributed by atoms with Gasteiger partial charge in [-0.15, -0.1) is 0 Å². The molecular formula is C24H30F3N3O. The highest BCUT2D eigenvalue weighted by Crippen LogP contribution is 2.34. The summed E-state index contributed by atoms with van der Waals surface area (Å²) in [6.45, 7) is 6.34. The van der Waals surface area contributed by atoms with Crippen LogP contribution in [-0.4, -0.2) is 29.9 Å². The quantitative estimate of drug-likeness (QED) is 0.643. The van der Waals surface area contributed by atoms with E-state index in [1.807, 2.05) is 24.3 Å². The lowest BCUT2D eigenvalue weighted by atomic mass is 9.87. The van der Waals surface area contributed by atoms with Crippen LogP contribution in [0.1, 0.15) is 63.6 Å². The number of amides is 1. The summed E-state index contributed by atoms with van der Waals surface area (Å²) in [5.74, 6) is -3.83. The molecule has 1 saturated carbocycles. The molecule has 168 valence electrons. The minimum atomic E-state index is -2.68. The van der Waals surface area contributed by atoms with E-state index in [1.165, 1.54) is 12.3 Å². The molecule has 1 atom stereocenters. The summed E-state index contributed by atoms with van der Waals surface area (Å²) < 4.78 is 41.5. The van der Waals surface area contributed by atoms with Gasteiger partial charge in [-0.25, -0.2) is 13.8 Å². The summed E-state index contributed by atoms with van der Waals surface area (Å²) in [4.78, 5) is 18.6. The van der Waals surface area contributed by atoms with Crippen molar-refractivity contribution in [2.24, 2.45) is 0 Å². The van der Waals surface area contributed by atoms with Crippen molar-refractivity contribution in [1.29, 1.82) is 0 Å². The second kappa shape index (κ2) is 8.89. The first-order chi connectivity index (χ1) is 14.5. The van der Waals surface area contributed by atoms with Gasteiger partial charge in [0.25, 0.3) is 0 Å². The number of nitrogens with zero attached hydrogens (tertiary/aromatic N) is 2. The summed E-state index contributed by atoms with van der Waals surface area (Å²) in [5, 5.41) is 2.86. The lowest BCUT2D eigenvalue weighted by molar-refractivity contribution is -0.124. The first kappa shape index (κ1) is 23.1. The molecule has 1 heterocycles. The van der Waals surface area contributed by atoms with Crippen LogP contribution in [0.15, 0.2) is 42.6 Å². The van der Waals surface area contributed by atoms with Crippen molar-refractivity contribution in [2.45, 2.75) is 69.9 Å². The van der Waals surface area contributed by atoms with E-state index in [9.17, 15) is 18.0 Å². The number of nitrogens with one attached hydrogen (secondary N) is 1. The summed E-state index contributed by atoms with van der Waals surface area (Å²) >= 11 is 0. The summed E-state index contributed by atoms with van der Waals surface area (Å²) in [6.07, 6.45) is 1.22. The average Bonchev–Trinajstić information content (AvgIpc) is 2.70. The lowest BCUT2D eigenvalue weighted by Gasteiger charge is -2.33. The topological polar surface area (TPSA) is 45.2 Å². The van der Waals surface area contributed by atoms with Crippen LogP contribution in [0.3, 0.4) is 0 Å².